The number of hydrogen-bond donors (Lipinski definition) is 1. The van der Waals surface area contributed by atoms with Crippen LogP contribution in [0.2, 0.25) is 5.02 Å². The zero-order valence-electron chi connectivity index (χ0n) is 18.6. The summed E-state index contributed by atoms with van der Waals surface area (Å²) in [5, 5.41) is 3.28. The van der Waals surface area contributed by atoms with Gasteiger partial charge in [0.25, 0.3) is 5.91 Å². The maximum atomic E-state index is 14.1. The van der Waals surface area contributed by atoms with Crippen molar-refractivity contribution in [2.45, 2.75) is 19.2 Å². The van der Waals surface area contributed by atoms with Crippen molar-refractivity contribution in [2.24, 2.45) is 0 Å². The van der Waals surface area contributed by atoms with Crippen molar-refractivity contribution in [1.29, 1.82) is 0 Å². The van der Waals surface area contributed by atoms with Crippen molar-refractivity contribution in [2.75, 3.05) is 38.6 Å². The monoisotopic (exact) mass is 487 g/mol. The number of hydrogen-bond acceptors (Lipinski definition) is 5. The van der Waals surface area contributed by atoms with E-state index in [1.54, 1.807) is 23.1 Å². The molecule has 2 aliphatic rings. The van der Waals surface area contributed by atoms with Crippen molar-refractivity contribution in [3.8, 4) is 11.3 Å². The van der Waals surface area contributed by atoms with Gasteiger partial charge in [0.2, 0.25) is 0 Å². The second-order valence-electron chi connectivity index (χ2n) is 8.52. The number of halogens is 3. The Morgan fingerprint density at radius 3 is 2.68 bits per heavy atom. The lowest BCUT2D eigenvalue weighted by Crippen LogP contribution is -2.51. The minimum Gasteiger partial charge on any atom is -0.366 e. The number of anilines is 2. The van der Waals surface area contributed by atoms with Gasteiger partial charge in [0.05, 0.1) is 18.2 Å². The van der Waals surface area contributed by atoms with Crippen molar-refractivity contribution in [1.82, 2.24) is 19.4 Å². The molecule has 3 heterocycles. The van der Waals surface area contributed by atoms with Crippen LogP contribution in [0.4, 0.5) is 20.3 Å². The number of rotatable bonds is 4. The lowest BCUT2D eigenvalue weighted by molar-refractivity contribution is -0.150. The molecule has 0 spiro atoms. The first-order chi connectivity index (χ1) is 16.4. The van der Waals surface area contributed by atoms with Gasteiger partial charge in [0, 0.05) is 37.4 Å². The van der Waals surface area contributed by atoms with E-state index in [1.807, 2.05) is 11.6 Å². The molecule has 0 radical (unpaired) electrons. The highest BCUT2D eigenvalue weighted by Crippen LogP contribution is 2.34. The van der Waals surface area contributed by atoms with Gasteiger partial charge in [-0.2, -0.15) is 0 Å². The molecule has 10 heteroatoms. The highest BCUT2D eigenvalue weighted by molar-refractivity contribution is 6.30. The SMILES string of the molecule is CN1CCOC(C(=O)N2CCn3c(nc(-c4ccc(F)cc4)c3Nc3ccc(Cl)c(F)c3)C2)C1. The summed E-state index contributed by atoms with van der Waals surface area (Å²) in [5.74, 6) is 0.376. The van der Waals surface area contributed by atoms with E-state index in [1.165, 1.54) is 24.3 Å². The fourth-order valence-electron chi connectivity index (χ4n) is 4.30. The number of likely N-dealkylation sites (N-methyl/N-ethyl adjacent to an activating group) is 1. The van der Waals surface area contributed by atoms with Crippen LogP contribution in [0.3, 0.4) is 0 Å². The number of ether oxygens (including phenoxy) is 1. The number of imidazole rings is 1. The number of morpholine rings is 1. The summed E-state index contributed by atoms with van der Waals surface area (Å²) in [5.41, 5.74) is 1.80. The van der Waals surface area contributed by atoms with Crippen LogP contribution in [0.15, 0.2) is 42.5 Å². The molecule has 5 rings (SSSR count). The molecule has 0 saturated carbocycles. The molecule has 1 amide bonds. The molecule has 2 aliphatic heterocycles. The van der Waals surface area contributed by atoms with Crippen LogP contribution in [-0.2, 0) is 22.6 Å². The first-order valence-corrected chi connectivity index (χ1v) is 11.4. The van der Waals surface area contributed by atoms with Gasteiger partial charge in [-0.05, 0) is 49.5 Å². The minimum absolute atomic E-state index is 0.0318. The predicted molar refractivity (Wildman–Crippen MR) is 125 cm³/mol. The number of nitrogens with zero attached hydrogens (tertiary/aromatic N) is 4. The van der Waals surface area contributed by atoms with Crippen LogP contribution < -0.4 is 5.32 Å². The smallest absolute Gasteiger partial charge is 0.253 e. The van der Waals surface area contributed by atoms with E-state index in [2.05, 4.69) is 10.2 Å². The molecular formula is C24H24ClF2N5O2. The van der Waals surface area contributed by atoms with Gasteiger partial charge in [-0.3, -0.25) is 4.79 Å². The third-order valence-corrected chi connectivity index (χ3v) is 6.44. The maximum absolute atomic E-state index is 14.1. The van der Waals surface area contributed by atoms with Crippen molar-refractivity contribution in [3.63, 3.8) is 0 Å². The van der Waals surface area contributed by atoms with Gasteiger partial charge < -0.3 is 24.4 Å². The topological polar surface area (TPSA) is 62.6 Å². The molecule has 7 nitrogen and oxygen atoms in total. The molecule has 1 N–H and O–H groups in total. The van der Waals surface area contributed by atoms with E-state index >= 15 is 0 Å². The van der Waals surface area contributed by atoms with Crippen LogP contribution in [-0.4, -0.2) is 64.7 Å². The Morgan fingerprint density at radius 2 is 1.94 bits per heavy atom. The lowest BCUT2D eigenvalue weighted by atomic mass is 10.1. The lowest BCUT2D eigenvalue weighted by Gasteiger charge is -2.35. The zero-order valence-corrected chi connectivity index (χ0v) is 19.4. The number of benzene rings is 2. The third-order valence-electron chi connectivity index (χ3n) is 6.13. The Hall–Kier alpha value is -3.01. The molecular weight excluding hydrogens is 464 g/mol. The molecule has 1 aromatic heterocycles. The van der Waals surface area contributed by atoms with Crippen molar-refractivity contribution in [3.05, 3.63) is 64.9 Å². The third kappa shape index (κ3) is 4.51. The number of carbonyl (C=O) groups is 1. The molecule has 1 atom stereocenters. The molecule has 2 aromatic carbocycles. The molecule has 178 valence electrons. The molecule has 0 bridgehead atoms. The van der Waals surface area contributed by atoms with E-state index < -0.39 is 11.9 Å². The zero-order chi connectivity index (χ0) is 23.8. The Morgan fingerprint density at radius 1 is 1.15 bits per heavy atom. The van der Waals surface area contributed by atoms with Crippen LogP contribution >= 0.6 is 11.6 Å². The number of fused-ring (bicyclic) bond motifs is 1. The van der Waals surface area contributed by atoms with Gasteiger partial charge in [0.15, 0.2) is 0 Å². The second-order valence-corrected chi connectivity index (χ2v) is 8.93. The average molecular weight is 488 g/mol. The standard InChI is InChI=1S/C24H24ClF2N5O2/c1-30-10-11-34-20(13-30)24(33)31-8-9-32-21(14-31)29-22(15-2-4-16(26)5-3-15)23(32)28-17-6-7-18(25)19(27)12-17/h2-7,12,20,28H,8-11,13-14H2,1H3. The number of nitrogens with one attached hydrogen (secondary N) is 1. The predicted octanol–water partition coefficient (Wildman–Crippen LogP) is 3.90. The van der Waals surface area contributed by atoms with Crippen LogP contribution in [0.5, 0.6) is 0 Å². The molecule has 1 unspecified atom stereocenters. The fraction of sp³-hybridized carbons (Fsp3) is 0.333. The summed E-state index contributed by atoms with van der Waals surface area (Å²) in [6.45, 7) is 3.17. The summed E-state index contributed by atoms with van der Waals surface area (Å²) in [6, 6.07) is 10.5. The van der Waals surface area contributed by atoms with E-state index in [4.69, 9.17) is 21.3 Å². The molecule has 1 saturated heterocycles. The molecule has 0 aliphatic carbocycles. The first kappa shape index (κ1) is 22.8. The summed E-state index contributed by atoms with van der Waals surface area (Å²) in [7, 11) is 1.97. The van der Waals surface area contributed by atoms with Gasteiger partial charge in [-0.25, -0.2) is 13.8 Å². The van der Waals surface area contributed by atoms with Gasteiger partial charge >= 0.3 is 0 Å². The van der Waals surface area contributed by atoms with Crippen LogP contribution in [0.25, 0.3) is 11.3 Å². The minimum atomic E-state index is -0.539. The second kappa shape index (κ2) is 9.32. The molecule has 3 aromatic rings. The van der Waals surface area contributed by atoms with Crippen LogP contribution in [0, 0.1) is 11.6 Å². The maximum Gasteiger partial charge on any atom is 0.253 e. The average Bonchev–Trinajstić information content (AvgIpc) is 3.19. The van der Waals surface area contributed by atoms with Crippen molar-refractivity contribution >= 4 is 29.0 Å². The Kier molecular flexibility index (Phi) is 6.24. The van der Waals surface area contributed by atoms with Gasteiger partial charge in [-0.1, -0.05) is 11.6 Å². The quantitative estimate of drug-likeness (QED) is 0.605. The highest BCUT2D eigenvalue weighted by Gasteiger charge is 2.33. The summed E-state index contributed by atoms with van der Waals surface area (Å²) in [4.78, 5) is 21.7. The van der Waals surface area contributed by atoms with E-state index in [0.29, 0.717) is 61.4 Å². The Balaban J connectivity index is 1.47. The number of aromatic nitrogens is 2. The fourth-order valence-corrected chi connectivity index (χ4v) is 4.41. The molecule has 34 heavy (non-hydrogen) atoms. The first-order valence-electron chi connectivity index (χ1n) is 11.1. The summed E-state index contributed by atoms with van der Waals surface area (Å²) >= 11 is 5.83. The molecule has 1 fully saturated rings. The normalized spacial score (nSPS) is 18.6. The summed E-state index contributed by atoms with van der Waals surface area (Å²) in [6.07, 6.45) is -0.494. The largest absolute Gasteiger partial charge is 0.366 e. The Bertz CT molecular complexity index is 1220. The van der Waals surface area contributed by atoms with Crippen LogP contribution in [0.1, 0.15) is 5.82 Å². The van der Waals surface area contributed by atoms with E-state index in [-0.39, 0.29) is 16.7 Å². The van der Waals surface area contributed by atoms with E-state index in [0.717, 1.165) is 6.54 Å². The van der Waals surface area contributed by atoms with Gasteiger partial charge in [-0.15, -0.1) is 0 Å². The number of carbonyl (C=O) groups excluding carboxylic acids is 1. The van der Waals surface area contributed by atoms with Crippen molar-refractivity contribution < 1.29 is 18.3 Å². The highest BCUT2D eigenvalue weighted by atomic mass is 35.5. The Labute approximate surface area is 200 Å². The van der Waals surface area contributed by atoms with E-state index in [9.17, 15) is 13.6 Å². The number of amides is 1. The summed E-state index contributed by atoms with van der Waals surface area (Å²) < 4.78 is 35.3. The van der Waals surface area contributed by atoms with Gasteiger partial charge in [0.1, 0.15) is 35.1 Å².